The van der Waals surface area contributed by atoms with E-state index in [2.05, 4.69) is 30.6 Å². The molecule has 1 unspecified atom stereocenters. The van der Waals surface area contributed by atoms with E-state index in [1.165, 1.54) is 5.56 Å². The Hall–Kier alpha value is -2.58. The lowest BCUT2D eigenvalue weighted by molar-refractivity contribution is 0.458. The highest BCUT2D eigenvalue weighted by Gasteiger charge is 2.22. The average Bonchev–Trinajstić information content (AvgIpc) is 2.69. The molecule has 0 saturated carbocycles. The van der Waals surface area contributed by atoms with Gasteiger partial charge in [-0.1, -0.05) is 61.0 Å². The zero-order valence-electron chi connectivity index (χ0n) is 15.6. The van der Waals surface area contributed by atoms with Crippen molar-refractivity contribution in [2.75, 3.05) is 0 Å². The van der Waals surface area contributed by atoms with Crippen molar-refractivity contribution in [1.82, 2.24) is 4.98 Å². The summed E-state index contributed by atoms with van der Waals surface area (Å²) in [6.45, 7) is 6.26. The third-order valence-electron chi connectivity index (χ3n) is 4.83. The number of pyridine rings is 1. The SMILES string of the molecule is C=CC(C)(CCCc1cccc(Oc2ccccc2)n1)c1ccc(Cl)cc1. The summed E-state index contributed by atoms with van der Waals surface area (Å²) in [5.74, 6) is 1.42. The van der Waals surface area contributed by atoms with Crippen LogP contribution < -0.4 is 4.74 Å². The Bertz CT molecular complexity index is 876. The molecule has 0 aliphatic rings. The lowest BCUT2D eigenvalue weighted by atomic mass is 9.78. The zero-order chi connectivity index (χ0) is 19.1. The number of ether oxygens (including phenoxy) is 1. The van der Waals surface area contributed by atoms with E-state index in [4.69, 9.17) is 16.3 Å². The van der Waals surface area contributed by atoms with E-state index in [1.54, 1.807) is 0 Å². The molecule has 0 aliphatic heterocycles. The standard InChI is InChI=1S/C24H24ClNO/c1-3-24(2,19-14-16-20(25)17-15-19)18-8-10-21-9-7-13-23(26-21)27-22-11-5-4-6-12-22/h3-7,9,11-17H,1,8,10,18H2,2H3. The average molecular weight is 378 g/mol. The van der Waals surface area contributed by atoms with Crippen molar-refractivity contribution in [3.8, 4) is 11.6 Å². The largest absolute Gasteiger partial charge is 0.439 e. The maximum atomic E-state index is 6.02. The lowest BCUT2D eigenvalue weighted by Gasteiger charge is -2.26. The molecular formula is C24H24ClNO. The molecule has 0 aliphatic carbocycles. The van der Waals surface area contributed by atoms with Gasteiger partial charge in [-0.2, -0.15) is 0 Å². The van der Waals surface area contributed by atoms with Gasteiger partial charge in [-0.3, -0.25) is 0 Å². The summed E-state index contributed by atoms with van der Waals surface area (Å²) < 4.78 is 5.83. The normalized spacial score (nSPS) is 13.0. The number of hydrogen-bond donors (Lipinski definition) is 0. The summed E-state index contributed by atoms with van der Waals surface area (Å²) in [6.07, 6.45) is 4.91. The van der Waals surface area contributed by atoms with Gasteiger partial charge in [-0.05, 0) is 55.2 Å². The molecule has 0 saturated heterocycles. The summed E-state index contributed by atoms with van der Waals surface area (Å²) in [6, 6.07) is 23.7. The van der Waals surface area contributed by atoms with Crippen LogP contribution in [0, 0.1) is 0 Å². The Balaban J connectivity index is 1.61. The minimum Gasteiger partial charge on any atom is -0.439 e. The second-order valence-electron chi connectivity index (χ2n) is 6.86. The highest BCUT2D eigenvalue weighted by molar-refractivity contribution is 6.30. The second kappa shape index (κ2) is 8.88. The molecular weight excluding hydrogens is 354 g/mol. The first kappa shape index (κ1) is 19.2. The van der Waals surface area contributed by atoms with Gasteiger partial charge >= 0.3 is 0 Å². The number of para-hydroxylation sites is 1. The first-order chi connectivity index (χ1) is 13.1. The fraction of sp³-hybridized carbons (Fsp3) is 0.208. The molecule has 3 rings (SSSR count). The topological polar surface area (TPSA) is 22.1 Å². The summed E-state index contributed by atoms with van der Waals surface area (Å²) in [7, 11) is 0. The van der Waals surface area contributed by atoms with Crippen LogP contribution in [0.4, 0.5) is 0 Å². The Kier molecular flexibility index (Phi) is 6.31. The van der Waals surface area contributed by atoms with Crippen LogP contribution in [0.1, 0.15) is 31.0 Å². The van der Waals surface area contributed by atoms with Crippen molar-refractivity contribution in [3.63, 3.8) is 0 Å². The van der Waals surface area contributed by atoms with Crippen molar-refractivity contribution in [1.29, 1.82) is 0 Å². The van der Waals surface area contributed by atoms with E-state index < -0.39 is 0 Å². The smallest absolute Gasteiger partial charge is 0.219 e. The molecule has 2 aromatic carbocycles. The monoisotopic (exact) mass is 377 g/mol. The fourth-order valence-corrected chi connectivity index (χ4v) is 3.22. The molecule has 0 spiro atoms. The first-order valence-corrected chi connectivity index (χ1v) is 9.55. The Morgan fingerprint density at radius 3 is 2.44 bits per heavy atom. The number of nitrogens with zero attached hydrogens (tertiary/aromatic N) is 1. The van der Waals surface area contributed by atoms with Gasteiger partial charge in [0.15, 0.2) is 0 Å². The van der Waals surface area contributed by atoms with E-state index in [0.29, 0.717) is 5.88 Å². The van der Waals surface area contributed by atoms with Crippen LogP contribution in [0.15, 0.2) is 85.5 Å². The van der Waals surface area contributed by atoms with Crippen LogP contribution in [0.2, 0.25) is 5.02 Å². The van der Waals surface area contributed by atoms with Gasteiger partial charge in [0, 0.05) is 22.2 Å². The van der Waals surface area contributed by atoms with Gasteiger partial charge in [-0.25, -0.2) is 4.98 Å². The van der Waals surface area contributed by atoms with Crippen molar-refractivity contribution in [3.05, 3.63) is 102 Å². The Labute approximate surface area is 166 Å². The molecule has 0 radical (unpaired) electrons. The van der Waals surface area contributed by atoms with Gasteiger partial charge in [0.25, 0.3) is 0 Å². The first-order valence-electron chi connectivity index (χ1n) is 9.17. The van der Waals surface area contributed by atoms with Crippen LogP contribution in [0.3, 0.4) is 0 Å². The number of allylic oxidation sites excluding steroid dienone is 1. The summed E-state index contributed by atoms with van der Waals surface area (Å²) in [4.78, 5) is 4.63. The molecule has 0 bridgehead atoms. The van der Waals surface area contributed by atoms with Crippen LogP contribution >= 0.6 is 11.6 Å². The highest BCUT2D eigenvalue weighted by atomic mass is 35.5. The summed E-state index contributed by atoms with van der Waals surface area (Å²) in [5, 5.41) is 0.754. The molecule has 1 aromatic heterocycles. The summed E-state index contributed by atoms with van der Waals surface area (Å²) >= 11 is 6.02. The van der Waals surface area contributed by atoms with Crippen LogP contribution in [0.25, 0.3) is 0 Å². The quantitative estimate of drug-likeness (QED) is 0.394. The van der Waals surface area contributed by atoms with E-state index >= 15 is 0 Å². The predicted octanol–water partition coefficient (Wildman–Crippen LogP) is 6.99. The molecule has 0 amide bonds. The summed E-state index contributed by atoms with van der Waals surface area (Å²) in [5.41, 5.74) is 2.19. The van der Waals surface area contributed by atoms with Crippen LogP contribution in [-0.2, 0) is 11.8 Å². The van der Waals surface area contributed by atoms with Crippen molar-refractivity contribution in [2.45, 2.75) is 31.6 Å². The lowest BCUT2D eigenvalue weighted by Crippen LogP contribution is -2.18. The van der Waals surface area contributed by atoms with Gasteiger partial charge in [0.05, 0.1) is 0 Å². The molecule has 0 N–H and O–H groups in total. The predicted molar refractivity (Wildman–Crippen MR) is 113 cm³/mol. The number of aryl methyl sites for hydroxylation is 1. The number of rotatable bonds is 8. The Morgan fingerprint density at radius 2 is 1.74 bits per heavy atom. The number of aromatic nitrogens is 1. The fourth-order valence-electron chi connectivity index (χ4n) is 3.09. The number of halogens is 1. The molecule has 3 aromatic rings. The molecule has 1 atom stereocenters. The van der Waals surface area contributed by atoms with E-state index in [9.17, 15) is 0 Å². The maximum Gasteiger partial charge on any atom is 0.219 e. The van der Waals surface area contributed by atoms with Gasteiger partial charge < -0.3 is 4.74 Å². The second-order valence-corrected chi connectivity index (χ2v) is 7.30. The third-order valence-corrected chi connectivity index (χ3v) is 5.08. The van der Waals surface area contributed by atoms with Crippen LogP contribution in [0.5, 0.6) is 11.6 Å². The number of hydrogen-bond acceptors (Lipinski definition) is 2. The van der Waals surface area contributed by atoms with Crippen molar-refractivity contribution in [2.24, 2.45) is 0 Å². The third kappa shape index (κ3) is 5.21. The van der Waals surface area contributed by atoms with Crippen LogP contribution in [-0.4, -0.2) is 4.98 Å². The van der Waals surface area contributed by atoms with E-state index in [-0.39, 0.29) is 5.41 Å². The molecule has 3 heteroatoms. The Morgan fingerprint density at radius 1 is 1.00 bits per heavy atom. The maximum absolute atomic E-state index is 6.02. The highest BCUT2D eigenvalue weighted by Crippen LogP contribution is 2.31. The van der Waals surface area contributed by atoms with Gasteiger partial charge in [0.1, 0.15) is 5.75 Å². The van der Waals surface area contributed by atoms with E-state index in [0.717, 1.165) is 35.7 Å². The van der Waals surface area contributed by atoms with Gasteiger partial charge in [0.2, 0.25) is 5.88 Å². The van der Waals surface area contributed by atoms with Crippen molar-refractivity contribution >= 4 is 11.6 Å². The van der Waals surface area contributed by atoms with E-state index in [1.807, 2.05) is 66.7 Å². The molecule has 0 fully saturated rings. The number of benzene rings is 2. The van der Waals surface area contributed by atoms with Crippen molar-refractivity contribution < 1.29 is 4.74 Å². The minimum absolute atomic E-state index is 0.0806. The molecule has 1 heterocycles. The minimum atomic E-state index is -0.0806. The van der Waals surface area contributed by atoms with Gasteiger partial charge in [-0.15, -0.1) is 6.58 Å². The zero-order valence-corrected chi connectivity index (χ0v) is 16.3. The molecule has 138 valence electrons. The molecule has 2 nitrogen and oxygen atoms in total. The molecule has 27 heavy (non-hydrogen) atoms.